The number of nitrogen functional groups attached to an aromatic ring is 1. The van der Waals surface area contributed by atoms with Crippen LogP contribution in [0.25, 0.3) is 22.3 Å². The highest BCUT2D eigenvalue weighted by Gasteiger charge is 2.15. The zero-order valence-electron chi connectivity index (χ0n) is 20.7. The van der Waals surface area contributed by atoms with Crippen molar-refractivity contribution in [1.82, 2.24) is 14.9 Å². The molecule has 0 radical (unpaired) electrons. The molecule has 1 aliphatic heterocycles. The molecular formula is C28H29ClN4O4. The maximum absolute atomic E-state index is 6.51. The Morgan fingerprint density at radius 2 is 1.78 bits per heavy atom. The molecule has 9 heteroatoms. The van der Waals surface area contributed by atoms with Gasteiger partial charge in [-0.2, -0.15) is 0 Å². The molecule has 0 aliphatic carbocycles. The Bertz CT molecular complexity index is 1360. The van der Waals surface area contributed by atoms with Crippen LogP contribution in [0.5, 0.6) is 23.0 Å². The topological polar surface area (TPSA) is 92.0 Å². The number of methoxy groups -OCH3 is 1. The van der Waals surface area contributed by atoms with Crippen LogP contribution in [0.3, 0.4) is 0 Å². The Morgan fingerprint density at radius 3 is 2.54 bits per heavy atom. The number of aromatic nitrogens is 2. The van der Waals surface area contributed by atoms with Crippen molar-refractivity contribution in [3.63, 3.8) is 0 Å². The Labute approximate surface area is 220 Å². The van der Waals surface area contributed by atoms with Gasteiger partial charge in [0, 0.05) is 36.7 Å². The van der Waals surface area contributed by atoms with Crippen molar-refractivity contribution in [2.24, 2.45) is 0 Å². The average molecular weight is 521 g/mol. The Balaban J connectivity index is 1.33. The first-order chi connectivity index (χ1) is 18.1. The van der Waals surface area contributed by atoms with Crippen LogP contribution in [0.4, 0.5) is 5.82 Å². The second kappa shape index (κ2) is 11.6. The fourth-order valence-electron chi connectivity index (χ4n) is 4.19. The first kappa shape index (κ1) is 25.1. The molecule has 3 aromatic carbocycles. The number of hydrogen-bond acceptors (Lipinski definition) is 8. The van der Waals surface area contributed by atoms with Gasteiger partial charge in [-0.05, 0) is 42.8 Å². The fourth-order valence-corrected chi connectivity index (χ4v) is 4.41. The van der Waals surface area contributed by atoms with Gasteiger partial charge in [-0.1, -0.05) is 29.8 Å². The van der Waals surface area contributed by atoms with Gasteiger partial charge >= 0.3 is 0 Å². The van der Waals surface area contributed by atoms with Gasteiger partial charge in [0.05, 0.1) is 37.5 Å². The normalized spacial score (nSPS) is 14.0. The summed E-state index contributed by atoms with van der Waals surface area (Å²) in [5.41, 5.74) is 7.73. The highest BCUT2D eigenvalue weighted by atomic mass is 35.5. The van der Waals surface area contributed by atoms with Crippen molar-refractivity contribution in [1.29, 1.82) is 0 Å². The van der Waals surface area contributed by atoms with Gasteiger partial charge in [0.25, 0.3) is 0 Å². The maximum atomic E-state index is 6.51. The number of nitrogens with two attached hydrogens (primary N) is 1. The maximum Gasteiger partial charge on any atom is 0.162 e. The minimum Gasteiger partial charge on any atom is -0.493 e. The molecule has 37 heavy (non-hydrogen) atoms. The predicted octanol–water partition coefficient (Wildman–Crippen LogP) is 5.43. The third kappa shape index (κ3) is 6.05. The molecule has 0 amide bonds. The van der Waals surface area contributed by atoms with Crippen molar-refractivity contribution in [2.45, 2.75) is 6.42 Å². The van der Waals surface area contributed by atoms with Gasteiger partial charge in [-0.25, -0.2) is 9.97 Å². The van der Waals surface area contributed by atoms with Crippen molar-refractivity contribution in [3.05, 3.63) is 65.7 Å². The third-order valence-electron chi connectivity index (χ3n) is 6.15. The molecule has 4 aromatic rings. The molecule has 1 aliphatic rings. The number of hydrogen-bond donors (Lipinski definition) is 1. The largest absolute Gasteiger partial charge is 0.493 e. The lowest BCUT2D eigenvalue weighted by molar-refractivity contribution is 0.0357. The number of halogens is 1. The van der Waals surface area contributed by atoms with Crippen molar-refractivity contribution < 1.29 is 18.9 Å². The number of nitrogens with zero attached hydrogens (tertiary/aromatic N) is 3. The van der Waals surface area contributed by atoms with E-state index in [2.05, 4.69) is 9.88 Å². The predicted molar refractivity (Wildman–Crippen MR) is 145 cm³/mol. The summed E-state index contributed by atoms with van der Waals surface area (Å²) in [6.07, 6.45) is 0.900. The summed E-state index contributed by atoms with van der Waals surface area (Å²) in [6, 6.07) is 18.5. The van der Waals surface area contributed by atoms with Crippen LogP contribution >= 0.6 is 11.6 Å². The zero-order valence-corrected chi connectivity index (χ0v) is 21.4. The van der Waals surface area contributed by atoms with Crippen molar-refractivity contribution >= 4 is 28.3 Å². The van der Waals surface area contributed by atoms with E-state index in [9.17, 15) is 0 Å². The van der Waals surface area contributed by atoms with Gasteiger partial charge < -0.3 is 24.7 Å². The molecule has 0 unspecified atom stereocenters. The number of morpholine rings is 1. The smallest absolute Gasteiger partial charge is 0.162 e. The number of fused-ring (bicyclic) bond motifs is 1. The molecule has 0 bridgehead atoms. The molecule has 1 aromatic heterocycles. The molecular weight excluding hydrogens is 492 g/mol. The van der Waals surface area contributed by atoms with E-state index in [1.807, 2.05) is 48.5 Å². The van der Waals surface area contributed by atoms with Gasteiger partial charge in [-0.15, -0.1) is 0 Å². The second-order valence-electron chi connectivity index (χ2n) is 8.67. The molecule has 2 N–H and O–H groups in total. The molecule has 2 heterocycles. The molecule has 8 nitrogen and oxygen atoms in total. The summed E-state index contributed by atoms with van der Waals surface area (Å²) in [6.45, 7) is 5.03. The third-order valence-corrected chi connectivity index (χ3v) is 6.45. The summed E-state index contributed by atoms with van der Waals surface area (Å²) in [7, 11) is 1.61. The van der Waals surface area contributed by atoms with E-state index < -0.39 is 0 Å². The first-order valence-electron chi connectivity index (χ1n) is 12.2. The lowest BCUT2D eigenvalue weighted by Crippen LogP contribution is -2.37. The van der Waals surface area contributed by atoms with E-state index in [-0.39, 0.29) is 0 Å². The molecule has 5 rings (SSSR count). The van der Waals surface area contributed by atoms with Crippen molar-refractivity contribution in [2.75, 3.05) is 52.3 Å². The van der Waals surface area contributed by atoms with Crippen LogP contribution in [-0.4, -0.2) is 61.4 Å². The van der Waals surface area contributed by atoms with Crippen LogP contribution in [0.15, 0.2) is 60.7 Å². The Kier molecular flexibility index (Phi) is 7.89. The SMILES string of the molecule is COc1cc2nc(-c3ccc(Oc4ccccc4)c(Cl)c3)nc(N)c2cc1OCCCN1CCOCC1. The quantitative estimate of drug-likeness (QED) is 0.292. The van der Waals surface area contributed by atoms with E-state index in [1.165, 1.54) is 0 Å². The summed E-state index contributed by atoms with van der Waals surface area (Å²) >= 11 is 6.51. The van der Waals surface area contributed by atoms with E-state index >= 15 is 0 Å². The summed E-state index contributed by atoms with van der Waals surface area (Å²) in [5, 5.41) is 1.14. The Morgan fingerprint density at radius 1 is 0.973 bits per heavy atom. The number of rotatable bonds is 9. The van der Waals surface area contributed by atoms with Gasteiger partial charge in [-0.3, -0.25) is 4.90 Å². The average Bonchev–Trinajstić information content (AvgIpc) is 2.93. The van der Waals surface area contributed by atoms with Crippen LogP contribution in [0.2, 0.25) is 5.02 Å². The number of benzene rings is 3. The standard InChI is InChI=1S/C28H29ClN4O4/c1-34-25-18-23-21(17-26(25)36-13-5-10-33-11-14-35-15-12-33)27(30)32-28(31-23)19-8-9-24(22(29)16-19)37-20-6-3-2-4-7-20/h2-4,6-9,16-18H,5,10-15H2,1H3,(H2,30,31,32). The monoisotopic (exact) mass is 520 g/mol. The van der Waals surface area contributed by atoms with Crippen molar-refractivity contribution in [3.8, 4) is 34.4 Å². The number of para-hydroxylation sites is 1. The molecule has 1 fully saturated rings. The summed E-state index contributed by atoms with van der Waals surface area (Å²) < 4.78 is 22.9. The fraction of sp³-hybridized carbons (Fsp3) is 0.286. The summed E-state index contributed by atoms with van der Waals surface area (Å²) in [4.78, 5) is 11.6. The van der Waals surface area contributed by atoms with Crippen LogP contribution < -0.4 is 19.9 Å². The number of anilines is 1. The van der Waals surface area contributed by atoms with E-state index in [0.717, 1.165) is 44.8 Å². The minimum atomic E-state index is 0.349. The minimum absolute atomic E-state index is 0.349. The molecule has 1 saturated heterocycles. The highest BCUT2D eigenvalue weighted by molar-refractivity contribution is 6.32. The zero-order chi connectivity index (χ0) is 25.6. The lowest BCUT2D eigenvalue weighted by Gasteiger charge is -2.26. The molecule has 0 spiro atoms. The van der Waals surface area contributed by atoms with Crippen LogP contribution in [0.1, 0.15) is 6.42 Å². The molecule has 0 atom stereocenters. The van der Waals surface area contributed by atoms with E-state index in [0.29, 0.717) is 57.2 Å². The van der Waals surface area contributed by atoms with Gasteiger partial charge in [0.2, 0.25) is 0 Å². The van der Waals surface area contributed by atoms with E-state index in [1.54, 1.807) is 19.2 Å². The molecule has 0 saturated carbocycles. The van der Waals surface area contributed by atoms with Crippen LogP contribution in [-0.2, 0) is 4.74 Å². The van der Waals surface area contributed by atoms with Gasteiger partial charge in [0.15, 0.2) is 17.3 Å². The number of ether oxygens (including phenoxy) is 4. The lowest BCUT2D eigenvalue weighted by atomic mass is 10.1. The summed E-state index contributed by atoms with van der Waals surface area (Å²) in [5.74, 6) is 3.26. The molecule has 192 valence electrons. The second-order valence-corrected chi connectivity index (χ2v) is 9.08. The van der Waals surface area contributed by atoms with Gasteiger partial charge in [0.1, 0.15) is 17.3 Å². The van der Waals surface area contributed by atoms with E-state index in [4.69, 9.17) is 41.3 Å². The Hall–Kier alpha value is -3.59. The first-order valence-corrected chi connectivity index (χ1v) is 12.6. The highest BCUT2D eigenvalue weighted by Crippen LogP contribution is 2.36. The van der Waals surface area contributed by atoms with Crippen LogP contribution in [0, 0.1) is 0 Å².